The van der Waals surface area contributed by atoms with Gasteiger partial charge >= 0.3 is 71.4 Å². The van der Waals surface area contributed by atoms with Gasteiger partial charge in [-0.05, 0) is 0 Å². The number of rotatable bonds is 0. The Morgan fingerprint density at radius 3 is 1.78 bits per heavy atom. The first kappa shape index (κ1) is 7.90. The molecule has 1 saturated carbocycles. The van der Waals surface area contributed by atoms with Gasteiger partial charge in [-0.1, -0.05) is 0 Å². The second-order valence-electron chi connectivity index (χ2n) is 3.11. The molecule has 0 atom stereocenters. The molecule has 0 unspecified atom stereocenters. The molecule has 1 heteroatoms. The molecule has 0 saturated heterocycles. The summed E-state index contributed by atoms with van der Waals surface area (Å²) >= 11 is 1.51. The van der Waals surface area contributed by atoms with Gasteiger partial charge < -0.3 is 0 Å². The van der Waals surface area contributed by atoms with E-state index >= 15 is 0 Å². The van der Waals surface area contributed by atoms with Gasteiger partial charge in [0.25, 0.3) is 0 Å². The fourth-order valence-corrected chi connectivity index (χ4v) is 2.83. The Balaban J connectivity index is 2.12. The Labute approximate surface area is 71.5 Å². The normalized spacial score (nSPS) is 25.0. The molecule has 1 rings (SSSR count). The Kier molecular flexibility index (Phi) is 4.03. The van der Waals surface area contributed by atoms with Gasteiger partial charge in [0.2, 0.25) is 0 Å². The van der Waals surface area contributed by atoms with Crippen molar-refractivity contribution in [2.45, 2.75) is 48.9 Å². The molecule has 1 aliphatic rings. The van der Waals surface area contributed by atoms with Crippen LogP contribution in [0.15, 0.2) is 0 Å². The third-order valence-electron chi connectivity index (χ3n) is 2.15. The van der Waals surface area contributed by atoms with E-state index in [1.165, 1.54) is 54.6 Å². The van der Waals surface area contributed by atoms with E-state index in [0.717, 1.165) is 3.93 Å². The van der Waals surface area contributed by atoms with Crippen LogP contribution in [0.25, 0.3) is 0 Å². The molecule has 0 N–H and O–H groups in total. The second kappa shape index (κ2) is 4.59. The molecule has 52 valence electrons. The van der Waals surface area contributed by atoms with Gasteiger partial charge in [-0.2, -0.15) is 0 Å². The van der Waals surface area contributed by atoms with Gasteiger partial charge in [-0.3, -0.25) is 0 Å². The molecule has 0 heterocycles. The van der Waals surface area contributed by atoms with Crippen molar-refractivity contribution in [3.8, 4) is 0 Å². The summed E-state index contributed by atoms with van der Waals surface area (Å²) in [5, 5.41) is 0. The fraction of sp³-hybridized carbons (Fsp3) is 1.00. The minimum absolute atomic E-state index is 1.15. The Hall–Kier alpha value is 0.799. The maximum absolute atomic E-state index is 1.54. The van der Waals surface area contributed by atoms with Gasteiger partial charge in [0.1, 0.15) is 0 Å². The third-order valence-corrected chi connectivity index (χ3v) is 4.05. The van der Waals surface area contributed by atoms with Crippen LogP contribution in [0.2, 0.25) is 3.93 Å². The molecule has 0 aromatic heterocycles. The average Bonchev–Trinajstić information content (AvgIpc) is 1.79. The standard InChI is InChI=1S/C8H15.Sn.H/c1-2-4-6-8-7-5-3-1;;/h1H,2-8H2;;. The SMILES string of the molecule is [SnH][CH]1CCCCCCC1. The molecule has 0 nitrogen and oxygen atoms in total. The molecule has 0 amide bonds. The van der Waals surface area contributed by atoms with Crippen molar-refractivity contribution in [1.29, 1.82) is 0 Å². The van der Waals surface area contributed by atoms with Crippen molar-refractivity contribution < 1.29 is 0 Å². The Bertz CT molecular complexity index is 63.0. The van der Waals surface area contributed by atoms with E-state index in [0.29, 0.717) is 0 Å². The predicted octanol–water partition coefficient (Wildman–Crippen LogP) is 2.42. The van der Waals surface area contributed by atoms with Gasteiger partial charge in [-0.25, -0.2) is 0 Å². The third kappa shape index (κ3) is 3.49. The summed E-state index contributed by atoms with van der Waals surface area (Å²) in [6.07, 6.45) is 10.7. The molecule has 1 fully saturated rings. The summed E-state index contributed by atoms with van der Waals surface area (Å²) in [7, 11) is 0. The van der Waals surface area contributed by atoms with Gasteiger partial charge in [0.15, 0.2) is 0 Å². The van der Waals surface area contributed by atoms with Crippen molar-refractivity contribution in [3.05, 3.63) is 0 Å². The first-order valence-corrected chi connectivity index (χ1v) is 6.05. The van der Waals surface area contributed by atoms with Crippen molar-refractivity contribution >= 4 is 22.5 Å². The summed E-state index contributed by atoms with van der Waals surface area (Å²) in [6.45, 7) is 0. The van der Waals surface area contributed by atoms with Crippen LogP contribution in [-0.2, 0) is 0 Å². The zero-order chi connectivity index (χ0) is 6.53. The van der Waals surface area contributed by atoms with Gasteiger partial charge in [-0.15, -0.1) is 0 Å². The zero-order valence-corrected chi connectivity index (χ0v) is 9.40. The maximum atomic E-state index is 1.54. The van der Waals surface area contributed by atoms with Crippen LogP contribution >= 0.6 is 0 Å². The number of hydrogen-bond donors (Lipinski definition) is 0. The summed E-state index contributed by atoms with van der Waals surface area (Å²) in [5.41, 5.74) is 0. The van der Waals surface area contributed by atoms with E-state index in [1.807, 2.05) is 0 Å². The van der Waals surface area contributed by atoms with E-state index in [-0.39, 0.29) is 0 Å². The fourth-order valence-electron chi connectivity index (χ4n) is 1.49. The zero-order valence-electron chi connectivity index (χ0n) is 6.10. The van der Waals surface area contributed by atoms with Crippen molar-refractivity contribution in [2.75, 3.05) is 0 Å². The van der Waals surface area contributed by atoms with Crippen LogP contribution in [-0.4, -0.2) is 22.5 Å². The second-order valence-corrected chi connectivity index (χ2v) is 5.80. The van der Waals surface area contributed by atoms with Crippen LogP contribution in [0.1, 0.15) is 44.9 Å². The van der Waals surface area contributed by atoms with Crippen LogP contribution in [0.4, 0.5) is 0 Å². The molecule has 0 aromatic rings. The van der Waals surface area contributed by atoms with E-state index in [4.69, 9.17) is 0 Å². The Morgan fingerprint density at radius 1 is 0.778 bits per heavy atom. The van der Waals surface area contributed by atoms with Crippen LogP contribution in [0.5, 0.6) is 0 Å². The van der Waals surface area contributed by atoms with Gasteiger partial charge in [0, 0.05) is 0 Å². The molecular weight excluding hydrogens is 215 g/mol. The van der Waals surface area contributed by atoms with E-state index in [1.54, 1.807) is 12.8 Å². The van der Waals surface area contributed by atoms with Gasteiger partial charge in [0.05, 0.1) is 0 Å². The first-order chi connectivity index (χ1) is 4.39. The molecule has 0 spiro atoms. The summed E-state index contributed by atoms with van der Waals surface area (Å²) in [4.78, 5) is 0. The quantitative estimate of drug-likeness (QED) is 0.561. The molecule has 0 aromatic carbocycles. The molecular formula is C8H16Sn. The van der Waals surface area contributed by atoms with E-state index in [2.05, 4.69) is 0 Å². The van der Waals surface area contributed by atoms with Crippen LogP contribution < -0.4 is 0 Å². The summed E-state index contributed by atoms with van der Waals surface area (Å²) < 4.78 is 1.15. The molecule has 0 aliphatic heterocycles. The van der Waals surface area contributed by atoms with Crippen LogP contribution in [0, 0.1) is 0 Å². The number of hydrogen-bond acceptors (Lipinski definition) is 0. The van der Waals surface area contributed by atoms with Crippen molar-refractivity contribution in [3.63, 3.8) is 0 Å². The van der Waals surface area contributed by atoms with E-state index in [9.17, 15) is 0 Å². The van der Waals surface area contributed by atoms with E-state index < -0.39 is 0 Å². The first-order valence-electron chi connectivity index (χ1n) is 4.15. The molecule has 0 bridgehead atoms. The van der Waals surface area contributed by atoms with Crippen molar-refractivity contribution in [2.24, 2.45) is 0 Å². The Morgan fingerprint density at radius 2 is 1.22 bits per heavy atom. The minimum atomic E-state index is 1.15. The summed E-state index contributed by atoms with van der Waals surface area (Å²) in [5.74, 6) is 0. The van der Waals surface area contributed by atoms with Crippen LogP contribution in [0.3, 0.4) is 0 Å². The topological polar surface area (TPSA) is 0 Å². The monoisotopic (exact) mass is 232 g/mol. The van der Waals surface area contributed by atoms with Crippen molar-refractivity contribution in [1.82, 2.24) is 0 Å². The molecule has 9 heavy (non-hydrogen) atoms. The average molecular weight is 231 g/mol. The summed E-state index contributed by atoms with van der Waals surface area (Å²) in [6, 6.07) is 0. The predicted molar refractivity (Wildman–Crippen MR) is 43.2 cm³/mol. The molecule has 2 radical (unpaired) electrons. The molecule has 1 aliphatic carbocycles.